The maximum absolute atomic E-state index is 12.7. The van der Waals surface area contributed by atoms with Gasteiger partial charge in [0.25, 0.3) is 0 Å². The molecular formula is C21H17Cl2NO4. The molecule has 1 aliphatic heterocycles. The summed E-state index contributed by atoms with van der Waals surface area (Å²) in [6.07, 6.45) is 3.50. The summed E-state index contributed by atoms with van der Waals surface area (Å²) in [6.45, 7) is 0. The molecule has 4 rings (SSSR count). The number of amides is 2. The topological polar surface area (TPSA) is 63.7 Å². The van der Waals surface area contributed by atoms with Crippen molar-refractivity contribution in [3.05, 3.63) is 58.1 Å². The molecule has 7 heteroatoms. The number of esters is 1. The van der Waals surface area contributed by atoms with Crippen molar-refractivity contribution >= 4 is 46.7 Å². The zero-order valence-electron chi connectivity index (χ0n) is 14.9. The lowest BCUT2D eigenvalue weighted by atomic mass is 9.81. The number of rotatable bonds is 3. The monoisotopic (exact) mass is 417 g/mol. The van der Waals surface area contributed by atoms with Crippen LogP contribution in [0.5, 0.6) is 5.75 Å². The summed E-state index contributed by atoms with van der Waals surface area (Å²) in [4.78, 5) is 38.9. The summed E-state index contributed by atoms with van der Waals surface area (Å²) in [6, 6.07) is 10.8. The summed E-state index contributed by atoms with van der Waals surface area (Å²) < 4.78 is 5.33. The maximum Gasteiger partial charge on any atom is 0.345 e. The fraction of sp³-hybridized carbons (Fsp3) is 0.286. The van der Waals surface area contributed by atoms with Gasteiger partial charge in [0, 0.05) is 5.02 Å². The van der Waals surface area contributed by atoms with Crippen LogP contribution in [0.1, 0.15) is 36.0 Å². The van der Waals surface area contributed by atoms with Gasteiger partial charge in [-0.3, -0.25) is 14.5 Å². The number of nitrogens with zero attached hydrogens (tertiary/aromatic N) is 1. The summed E-state index contributed by atoms with van der Waals surface area (Å²) >= 11 is 11.9. The first-order valence-corrected chi connectivity index (χ1v) is 9.86. The molecule has 144 valence electrons. The maximum atomic E-state index is 12.7. The average molecular weight is 418 g/mol. The Morgan fingerprint density at radius 2 is 1.54 bits per heavy atom. The lowest BCUT2D eigenvalue weighted by molar-refractivity contribution is -0.122. The van der Waals surface area contributed by atoms with Crippen LogP contribution in [0.3, 0.4) is 0 Å². The molecule has 1 aliphatic carbocycles. The highest BCUT2D eigenvalue weighted by Gasteiger charge is 2.48. The van der Waals surface area contributed by atoms with Crippen LogP contribution in [0.25, 0.3) is 0 Å². The number of ether oxygens (including phenoxy) is 1. The number of carbonyl (C=O) groups is 3. The SMILES string of the molecule is O=C(Oc1ccc(N2C(=O)[C@H]3CCCC[C@H]3C2=O)cc1)c1ccc(Cl)cc1Cl. The Kier molecular flexibility index (Phi) is 5.13. The normalized spacial score (nSPS) is 21.6. The van der Waals surface area contributed by atoms with Crippen molar-refractivity contribution in [1.29, 1.82) is 0 Å². The van der Waals surface area contributed by atoms with Crippen LogP contribution in [0.4, 0.5) is 5.69 Å². The van der Waals surface area contributed by atoms with Crippen LogP contribution in [0.15, 0.2) is 42.5 Å². The van der Waals surface area contributed by atoms with Gasteiger partial charge in [-0.15, -0.1) is 0 Å². The second-order valence-electron chi connectivity index (χ2n) is 7.02. The van der Waals surface area contributed by atoms with E-state index in [1.165, 1.54) is 17.0 Å². The summed E-state index contributed by atoms with van der Waals surface area (Å²) in [5.41, 5.74) is 0.692. The van der Waals surface area contributed by atoms with Crippen molar-refractivity contribution in [2.45, 2.75) is 25.7 Å². The van der Waals surface area contributed by atoms with Crippen LogP contribution in [0.2, 0.25) is 10.0 Å². The summed E-state index contributed by atoms with van der Waals surface area (Å²) in [7, 11) is 0. The molecule has 0 unspecified atom stereocenters. The van der Waals surface area contributed by atoms with Crippen molar-refractivity contribution in [3.8, 4) is 5.75 Å². The smallest absolute Gasteiger partial charge is 0.345 e. The number of anilines is 1. The Labute approximate surface area is 172 Å². The van der Waals surface area contributed by atoms with E-state index in [2.05, 4.69) is 0 Å². The molecule has 1 saturated carbocycles. The zero-order chi connectivity index (χ0) is 19.8. The van der Waals surface area contributed by atoms with Crippen LogP contribution < -0.4 is 9.64 Å². The fourth-order valence-corrected chi connectivity index (χ4v) is 4.38. The second kappa shape index (κ2) is 7.57. The minimum atomic E-state index is -0.617. The van der Waals surface area contributed by atoms with E-state index in [4.69, 9.17) is 27.9 Å². The first-order valence-electron chi connectivity index (χ1n) is 9.11. The molecule has 0 bridgehead atoms. The zero-order valence-corrected chi connectivity index (χ0v) is 16.4. The molecule has 2 atom stereocenters. The van der Waals surface area contributed by atoms with Gasteiger partial charge >= 0.3 is 5.97 Å². The molecule has 2 aromatic carbocycles. The summed E-state index contributed by atoms with van der Waals surface area (Å²) in [5, 5.41) is 0.622. The predicted octanol–water partition coefficient (Wildman–Crippen LogP) is 4.89. The number of benzene rings is 2. The lowest BCUT2D eigenvalue weighted by Crippen LogP contribution is -2.30. The van der Waals surface area contributed by atoms with Crippen molar-refractivity contribution < 1.29 is 19.1 Å². The van der Waals surface area contributed by atoms with Crippen molar-refractivity contribution in [1.82, 2.24) is 0 Å². The van der Waals surface area contributed by atoms with Gasteiger partial charge in [-0.2, -0.15) is 0 Å². The standard InChI is InChI=1S/C21H17Cl2NO4/c22-12-5-10-17(18(23)11-12)21(27)28-14-8-6-13(7-9-14)24-19(25)15-3-1-2-4-16(15)20(24)26/h5-11,15-16H,1-4H2/t15-,16+. The third-order valence-corrected chi connectivity index (χ3v) is 5.85. The van der Waals surface area contributed by atoms with E-state index in [-0.39, 0.29) is 40.0 Å². The van der Waals surface area contributed by atoms with E-state index in [1.54, 1.807) is 30.3 Å². The summed E-state index contributed by atoms with van der Waals surface area (Å²) in [5.74, 6) is -0.999. The molecule has 0 spiro atoms. The van der Waals surface area contributed by atoms with E-state index in [9.17, 15) is 14.4 Å². The molecule has 28 heavy (non-hydrogen) atoms. The number of carbonyl (C=O) groups excluding carboxylic acids is 3. The Morgan fingerprint density at radius 1 is 0.929 bits per heavy atom. The van der Waals surface area contributed by atoms with Gasteiger partial charge in [-0.1, -0.05) is 36.0 Å². The van der Waals surface area contributed by atoms with Gasteiger partial charge in [0.2, 0.25) is 11.8 Å². The highest BCUT2D eigenvalue weighted by molar-refractivity contribution is 6.36. The highest BCUT2D eigenvalue weighted by Crippen LogP contribution is 2.40. The number of fused-ring (bicyclic) bond motifs is 1. The first-order chi connectivity index (χ1) is 13.5. The molecule has 0 N–H and O–H groups in total. The van der Waals surface area contributed by atoms with Gasteiger partial charge in [-0.25, -0.2) is 4.79 Å². The van der Waals surface area contributed by atoms with Crippen LogP contribution >= 0.6 is 23.2 Å². The Balaban J connectivity index is 1.50. The van der Waals surface area contributed by atoms with Crippen LogP contribution in [-0.2, 0) is 9.59 Å². The Hall–Kier alpha value is -2.37. The Bertz CT molecular complexity index is 933. The van der Waals surface area contributed by atoms with Crippen molar-refractivity contribution in [2.75, 3.05) is 4.90 Å². The quantitative estimate of drug-likeness (QED) is 0.405. The number of halogens is 2. The third kappa shape index (κ3) is 3.40. The molecule has 2 fully saturated rings. The van der Waals surface area contributed by atoms with Crippen molar-refractivity contribution in [3.63, 3.8) is 0 Å². The molecule has 5 nitrogen and oxygen atoms in total. The van der Waals surface area contributed by atoms with Crippen LogP contribution in [-0.4, -0.2) is 17.8 Å². The number of imide groups is 1. The van der Waals surface area contributed by atoms with Gasteiger partial charge < -0.3 is 4.74 Å². The third-order valence-electron chi connectivity index (χ3n) is 5.30. The lowest BCUT2D eigenvalue weighted by Gasteiger charge is -2.19. The first kappa shape index (κ1) is 19.0. The van der Waals surface area contributed by atoms with Gasteiger partial charge in [-0.05, 0) is 55.3 Å². The minimum absolute atomic E-state index is 0.132. The second-order valence-corrected chi connectivity index (χ2v) is 7.86. The van der Waals surface area contributed by atoms with Gasteiger partial charge in [0.1, 0.15) is 5.75 Å². The molecule has 0 aromatic heterocycles. The molecule has 2 aromatic rings. The number of hydrogen-bond donors (Lipinski definition) is 0. The largest absolute Gasteiger partial charge is 0.423 e. The van der Waals surface area contributed by atoms with E-state index in [0.717, 1.165) is 25.7 Å². The molecule has 1 saturated heterocycles. The van der Waals surface area contributed by atoms with Gasteiger partial charge in [0.05, 0.1) is 28.1 Å². The molecule has 2 amide bonds. The fourth-order valence-electron chi connectivity index (χ4n) is 3.90. The van der Waals surface area contributed by atoms with Gasteiger partial charge in [0.15, 0.2) is 0 Å². The predicted molar refractivity (Wildman–Crippen MR) is 106 cm³/mol. The minimum Gasteiger partial charge on any atom is -0.423 e. The molecule has 2 aliphatic rings. The Morgan fingerprint density at radius 3 is 2.11 bits per heavy atom. The average Bonchev–Trinajstić information content (AvgIpc) is 2.93. The van der Waals surface area contributed by atoms with E-state index >= 15 is 0 Å². The molecular weight excluding hydrogens is 401 g/mol. The van der Waals surface area contributed by atoms with Crippen molar-refractivity contribution in [2.24, 2.45) is 11.8 Å². The van der Waals surface area contributed by atoms with Crippen LogP contribution in [0, 0.1) is 11.8 Å². The van der Waals surface area contributed by atoms with E-state index < -0.39 is 5.97 Å². The molecule has 1 heterocycles. The van der Waals surface area contributed by atoms with E-state index in [1.807, 2.05) is 0 Å². The van der Waals surface area contributed by atoms with E-state index in [0.29, 0.717) is 10.7 Å². The number of hydrogen-bond acceptors (Lipinski definition) is 4. The molecule has 0 radical (unpaired) electrons. The highest BCUT2D eigenvalue weighted by atomic mass is 35.5.